The van der Waals surface area contributed by atoms with Gasteiger partial charge < -0.3 is 5.73 Å². The molecule has 1 aromatic heterocycles. The third kappa shape index (κ3) is 2.39. The van der Waals surface area contributed by atoms with Crippen LogP contribution in [0, 0.1) is 5.92 Å². The fraction of sp³-hybridized carbons (Fsp3) is 0.357. The largest absolute Gasteiger partial charge is 0.324 e. The molecular weight excluding hydrogens is 210 g/mol. The molecule has 1 aliphatic carbocycles. The Balaban J connectivity index is 1.72. The van der Waals surface area contributed by atoms with E-state index in [9.17, 15) is 0 Å². The molecule has 88 valence electrons. The third-order valence-electron chi connectivity index (χ3n) is 3.36. The SMILES string of the molecule is NC(c1cnn(Cc2ccccc2)c1)C1CC1. The summed E-state index contributed by atoms with van der Waals surface area (Å²) in [5.41, 5.74) is 8.59. The molecule has 0 aliphatic heterocycles. The molecule has 0 bridgehead atoms. The van der Waals surface area contributed by atoms with Gasteiger partial charge in [0, 0.05) is 17.8 Å². The molecular formula is C14H17N3. The van der Waals surface area contributed by atoms with E-state index in [1.165, 1.54) is 24.0 Å². The zero-order valence-electron chi connectivity index (χ0n) is 9.79. The summed E-state index contributed by atoms with van der Waals surface area (Å²) >= 11 is 0. The smallest absolute Gasteiger partial charge is 0.0659 e. The van der Waals surface area contributed by atoms with E-state index in [-0.39, 0.29) is 6.04 Å². The molecule has 1 saturated carbocycles. The second kappa shape index (κ2) is 4.34. The second-order valence-corrected chi connectivity index (χ2v) is 4.82. The van der Waals surface area contributed by atoms with Crippen molar-refractivity contribution in [3.05, 3.63) is 53.9 Å². The summed E-state index contributed by atoms with van der Waals surface area (Å²) in [5, 5.41) is 4.38. The van der Waals surface area contributed by atoms with E-state index >= 15 is 0 Å². The second-order valence-electron chi connectivity index (χ2n) is 4.82. The quantitative estimate of drug-likeness (QED) is 0.871. The van der Waals surface area contributed by atoms with Gasteiger partial charge in [0.05, 0.1) is 12.7 Å². The van der Waals surface area contributed by atoms with E-state index in [1.54, 1.807) is 0 Å². The van der Waals surface area contributed by atoms with Gasteiger partial charge in [-0.15, -0.1) is 0 Å². The van der Waals surface area contributed by atoms with Crippen molar-refractivity contribution in [3.63, 3.8) is 0 Å². The lowest BCUT2D eigenvalue weighted by Gasteiger charge is -2.06. The monoisotopic (exact) mass is 227 g/mol. The average Bonchev–Trinajstić information content (AvgIpc) is 3.11. The van der Waals surface area contributed by atoms with Crippen molar-refractivity contribution < 1.29 is 0 Å². The lowest BCUT2D eigenvalue weighted by molar-refractivity contribution is 0.629. The maximum atomic E-state index is 6.15. The number of hydrogen-bond donors (Lipinski definition) is 1. The maximum Gasteiger partial charge on any atom is 0.0659 e. The van der Waals surface area contributed by atoms with Crippen LogP contribution in [0.2, 0.25) is 0 Å². The number of rotatable bonds is 4. The topological polar surface area (TPSA) is 43.8 Å². The van der Waals surface area contributed by atoms with Crippen molar-refractivity contribution in [2.75, 3.05) is 0 Å². The minimum absolute atomic E-state index is 0.180. The van der Waals surface area contributed by atoms with Crippen LogP contribution in [0.15, 0.2) is 42.7 Å². The van der Waals surface area contributed by atoms with Gasteiger partial charge >= 0.3 is 0 Å². The number of hydrogen-bond acceptors (Lipinski definition) is 2. The van der Waals surface area contributed by atoms with Crippen LogP contribution in [-0.2, 0) is 6.54 Å². The number of nitrogens with zero attached hydrogens (tertiary/aromatic N) is 2. The van der Waals surface area contributed by atoms with Crippen LogP contribution in [0.5, 0.6) is 0 Å². The van der Waals surface area contributed by atoms with Gasteiger partial charge in [0.1, 0.15) is 0 Å². The van der Waals surface area contributed by atoms with Crippen molar-refractivity contribution in [2.24, 2.45) is 11.7 Å². The molecule has 0 saturated heterocycles. The molecule has 17 heavy (non-hydrogen) atoms. The minimum Gasteiger partial charge on any atom is -0.324 e. The summed E-state index contributed by atoms with van der Waals surface area (Å²) < 4.78 is 1.97. The summed E-state index contributed by atoms with van der Waals surface area (Å²) in [5.74, 6) is 0.685. The molecule has 1 aromatic carbocycles. The predicted molar refractivity (Wildman–Crippen MR) is 67.4 cm³/mol. The highest BCUT2D eigenvalue weighted by molar-refractivity contribution is 5.17. The molecule has 0 radical (unpaired) electrons. The fourth-order valence-electron chi connectivity index (χ4n) is 2.14. The molecule has 2 N–H and O–H groups in total. The van der Waals surface area contributed by atoms with Crippen LogP contribution in [0.4, 0.5) is 0 Å². The first kappa shape index (κ1) is 10.5. The van der Waals surface area contributed by atoms with Crippen LogP contribution >= 0.6 is 0 Å². The lowest BCUT2D eigenvalue weighted by atomic mass is 10.1. The average molecular weight is 227 g/mol. The summed E-state index contributed by atoms with van der Waals surface area (Å²) in [6, 6.07) is 10.5. The van der Waals surface area contributed by atoms with Crippen molar-refractivity contribution in [3.8, 4) is 0 Å². The van der Waals surface area contributed by atoms with Gasteiger partial charge in [-0.05, 0) is 24.3 Å². The van der Waals surface area contributed by atoms with Crippen LogP contribution in [0.3, 0.4) is 0 Å². The Labute approximate surface area is 101 Å². The van der Waals surface area contributed by atoms with E-state index in [4.69, 9.17) is 5.73 Å². The van der Waals surface area contributed by atoms with E-state index in [0.29, 0.717) is 5.92 Å². The molecule has 2 aromatic rings. The Hall–Kier alpha value is -1.61. The molecule has 0 spiro atoms. The Kier molecular flexibility index (Phi) is 2.69. The van der Waals surface area contributed by atoms with Crippen molar-refractivity contribution in [2.45, 2.75) is 25.4 Å². The number of nitrogens with two attached hydrogens (primary N) is 1. The van der Waals surface area contributed by atoms with Gasteiger partial charge in [0.25, 0.3) is 0 Å². The van der Waals surface area contributed by atoms with Gasteiger partial charge in [-0.2, -0.15) is 5.10 Å². The zero-order chi connectivity index (χ0) is 11.7. The Morgan fingerprint density at radius 3 is 2.76 bits per heavy atom. The highest BCUT2D eigenvalue weighted by atomic mass is 15.3. The van der Waals surface area contributed by atoms with Gasteiger partial charge in [-0.1, -0.05) is 30.3 Å². The highest BCUT2D eigenvalue weighted by Gasteiger charge is 2.30. The summed E-state index contributed by atoms with van der Waals surface area (Å²) in [6.45, 7) is 0.818. The number of aromatic nitrogens is 2. The standard InChI is InChI=1S/C14H17N3/c15-14(12-6-7-12)13-8-16-17(10-13)9-11-4-2-1-3-5-11/h1-5,8,10,12,14H,6-7,9,15H2. The minimum atomic E-state index is 0.180. The van der Waals surface area contributed by atoms with Gasteiger partial charge in [-0.3, -0.25) is 4.68 Å². The predicted octanol–water partition coefficient (Wildman–Crippen LogP) is 2.34. The van der Waals surface area contributed by atoms with Crippen molar-refractivity contribution >= 4 is 0 Å². The fourth-order valence-corrected chi connectivity index (χ4v) is 2.14. The first-order valence-corrected chi connectivity index (χ1v) is 6.15. The number of benzene rings is 1. The van der Waals surface area contributed by atoms with E-state index in [0.717, 1.165) is 6.54 Å². The van der Waals surface area contributed by atoms with E-state index in [1.807, 2.05) is 16.9 Å². The normalized spacial score (nSPS) is 17.0. The van der Waals surface area contributed by atoms with Gasteiger partial charge in [-0.25, -0.2) is 0 Å². The molecule has 1 atom stereocenters. The maximum absolute atomic E-state index is 6.15. The van der Waals surface area contributed by atoms with E-state index < -0.39 is 0 Å². The van der Waals surface area contributed by atoms with Crippen LogP contribution in [-0.4, -0.2) is 9.78 Å². The molecule has 1 heterocycles. The molecule has 1 aliphatic rings. The van der Waals surface area contributed by atoms with Crippen LogP contribution < -0.4 is 5.73 Å². The van der Waals surface area contributed by atoms with Gasteiger partial charge in [0.15, 0.2) is 0 Å². The summed E-state index contributed by atoms with van der Waals surface area (Å²) in [7, 11) is 0. The summed E-state index contributed by atoms with van der Waals surface area (Å²) in [4.78, 5) is 0. The zero-order valence-corrected chi connectivity index (χ0v) is 9.79. The molecule has 1 unspecified atom stereocenters. The highest BCUT2D eigenvalue weighted by Crippen LogP contribution is 2.39. The van der Waals surface area contributed by atoms with E-state index in [2.05, 4.69) is 35.6 Å². The first-order valence-electron chi connectivity index (χ1n) is 6.15. The Bertz CT molecular complexity index is 485. The molecule has 0 amide bonds. The summed E-state index contributed by atoms with van der Waals surface area (Å²) in [6.07, 6.45) is 6.53. The van der Waals surface area contributed by atoms with Crippen molar-refractivity contribution in [1.82, 2.24) is 9.78 Å². The Morgan fingerprint density at radius 1 is 1.29 bits per heavy atom. The lowest BCUT2D eigenvalue weighted by Crippen LogP contribution is -2.11. The van der Waals surface area contributed by atoms with Gasteiger partial charge in [0.2, 0.25) is 0 Å². The third-order valence-corrected chi connectivity index (χ3v) is 3.36. The molecule has 3 nitrogen and oxygen atoms in total. The molecule has 3 heteroatoms. The molecule has 3 rings (SSSR count). The molecule has 1 fully saturated rings. The van der Waals surface area contributed by atoms with Crippen LogP contribution in [0.25, 0.3) is 0 Å². The van der Waals surface area contributed by atoms with Crippen LogP contribution in [0.1, 0.15) is 30.0 Å². The first-order chi connectivity index (χ1) is 8.33. The van der Waals surface area contributed by atoms with Crippen molar-refractivity contribution in [1.29, 1.82) is 0 Å². The Morgan fingerprint density at radius 2 is 2.06 bits per heavy atom.